The molecule has 0 aromatic carbocycles. The van der Waals surface area contributed by atoms with Crippen molar-refractivity contribution in [1.82, 2.24) is 9.88 Å². The van der Waals surface area contributed by atoms with E-state index >= 15 is 0 Å². The Bertz CT molecular complexity index is 408. The number of nitrogens with zero attached hydrogens (tertiary/aromatic N) is 2. The van der Waals surface area contributed by atoms with E-state index in [1.807, 2.05) is 0 Å². The molecule has 1 aliphatic rings. The second kappa shape index (κ2) is 5.94. The van der Waals surface area contributed by atoms with Gasteiger partial charge in [-0.3, -0.25) is 9.88 Å². The Hall–Kier alpha value is -1.04. The van der Waals surface area contributed by atoms with Gasteiger partial charge in [0, 0.05) is 19.6 Å². The molecule has 0 amide bonds. The van der Waals surface area contributed by atoms with Gasteiger partial charge in [0.15, 0.2) is 0 Å². The second-order valence-electron chi connectivity index (χ2n) is 5.59. The van der Waals surface area contributed by atoms with Gasteiger partial charge in [-0.25, -0.2) is 4.39 Å². The van der Waals surface area contributed by atoms with E-state index in [0.29, 0.717) is 12.1 Å². The molecule has 1 atom stereocenters. The number of morpholine rings is 1. The number of aromatic nitrogens is 1. The number of aliphatic hydroxyl groups excluding tert-OH is 1. The van der Waals surface area contributed by atoms with Crippen LogP contribution in [0.4, 0.5) is 4.39 Å². The maximum atomic E-state index is 12.7. The zero-order valence-corrected chi connectivity index (χ0v) is 11.5. The summed E-state index contributed by atoms with van der Waals surface area (Å²) in [5.74, 6) is -0.383. The normalized spacial score (nSPS) is 21.3. The molecule has 2 heterocycles. The van der Waals surface area contributed by atoms with Crippen LogP contribution in [0.3, 0.4) is 0 Å². The van der Waals surface area contributed by atoms with E-state index in [0.717, 1.165) is 32.4 Å². The topological polar surface area (TPSA) is 45.6 Å². The second-order valence-corrected chi connectivity index (χ2v) is 5.59. The Labute approximate surface area is 113 Å². The molecule has 1 N–H and O–H groups in total. The van der Waals surface area contributed by atoms with Crippen LogP contribution in [0.2, 0.25) is 0 Å². The molecule has 4 nitrogen and oxygen atoms in total. The number of hydrogen-bond donors (Lipinski definition) is 1. The average molecular weight is 268 g/mol. The molecular weight excluding hydrogens is 247 g/mol. The third kappa shape index (κ3) is 4.23. The minimum absolute atomic E-state index is 0.128. The lowest BCUT2D eigenvalue weighted by atomic mass is 10.1. The largest absolute Gasteiger partial charge is 0.387 e. The number of aliphatic hydroxyl groups is 1. The van der Waals surface area contributed by atoms with Gasteiger partial charge in [0.25, 0.3) is 0 Å². The van der Waals surface area contributed by atoms with E-state index in [9.17, 15) is 9.50 Å². The van der Waals surface area contributed by atoms with Crippen molar-refractivity contribution < 1.29 is 14.2 Å². The molecule has 0 aliphatic carbocycles. The molecule has 2 rings (SSSR count). The molecule has 5 heteroatoms. The van der Waals surface area contributed by atoms with Crippen molar-refractivity contribution in [2.75, 3.05) is 26.2 Å². The molecule has 106 valence electrons. The molecule has 19 heavy (non-hydrogen) atoms. The smallest absolute Gasteiger partial charge is 0.141 e. The van der Waals surface area contributed by atoms with Gasteiger partial charge in [-0.1, -0.05) is 0 Å². The third-order valence-electron chi connectivity index (χ3n) is 3.32. The van der Waals surface area contributed by atoms with Crippen LogP contribution in [-0.4, -0.2) is 46.8 Å². The number of hydrogen-bond acceptors (Lipinski definition) is 4. The molecule has 1 unspecified atom stereocenters. The van der Waals surface area contributed by atoms with Gasteiger partial charge < -0.3 is 9.84 Å². The maximum Gasteiger partial charge on any atom is 0.141 e. The standard InChI is InChI=1S/C14H21FN2O2/c1-14(2)10-17(7-8-19-14)6-5-13(18)12-4-3-11(15)9-16-12/h3-4,9,13,18H,5-8,10H2,1-2H3. The van der Waals surface area contributed by atoms with Crippen molar-refractivity contribution in [2.45, 2.75) is 32.0 Å². The minimum atomic E-state index is -0.647. The van der Waals surface area contributed by atoms with E-state index < -0.39 is 6.10 Å². The van der Waals surface area contributed by atoms with E-state index in [-0.39, 0.29) is 11.4 Å². The van der Waals surface area contributed by atoms with E-state index in [4.69, 9.17) is 4.74 Å². The number of rotatable bonds is 4. The Balaban J connectivity index is 1.83. The number of pyridine rings is 1. The van der Waals surface area contributed by atoms with E-state index in [2.05, 4.69) is 23.7 Å². The van der Waals surface area contributed by atoms with Crippen LogP contribution in [0, 0.1) is 5.82 Å². The molecule has 0 spiro atoms. The number of ether oxygens (including phenoxy) is 1. The summed E-state index contributed by atoms with van der Waals surface area (Å²) in [5, 5.41) is 10.0. The average Bonchev–Trinajstić information content (AvgIpc) is 2.36. The van der Waals surface area contributed by atoms with Gasteiger partial charge in [0.05, 0.1) is 30.2 Å². The van der Waals surface area contributed by atoms with Crippen molar-refractivity contribution >= 4 is 0 Å². The quantitative estimate of drug-likeness (QED) is 0.903. The molecule has 0 bridgehead atoms. The Morgan fingerprint density at radius 2 is 2.32 bits per heavy atom. The van der Waals surface area contributed by atoms with Gasteiger partial charge in [-0.15, -0.1) is 0 Å². The summed E-state index contributed by atoms with van der Waals surface area (Å²) < 4.78 is 18.4. The summed E-state index contributed by atoms with van der Waals surface area (Å²) in [7, 11) is 0. The monoisotopic (exact) mass is 268 g/mol. The predicted octanol–water partition coefficient (Wildman–Crippen LogP) is 1.76. The molecular formula is C14H21FN2O2. The van der Waals surface area contributed by atoms with E-state index in [1.54, 1.807) is 0 Å². The summed E-state index contributed by atoms with van der Waals surface area (Å²) in [4.78, 5) is 6.18. The van der Waals surface area contributed by atoms with Crippen molar-refractivity contribution in [3.05, 3.63) is 29.8 Å². The molecule has 1 aromatic rings. The van der Waals surface area contributed by atoms with Crippen molar-refractivity contribution in [3.63, 3.8) is 0 Å². The van der Waals surface area contributed by atoms with Crippen molar-refractivity contribution in [3.8, 4) is 0 Å². The van der Waals surface area contributed by atoms with Gasteiger partial charge in [-0.2, -0.15) is 0 Å². The Kier molecular flexibility index (Phi) is 4.50. The lowest BCUT2D eigenvalue weighted by Crippen LogP contribution is -2.48. The SMILES string of the molecule is CC1(C)CN(CCC(O)c2ccc(F)cn2)CCO1. The van der Waals surface area contributed by atoms with Crippen LogP contribution < -0.4 is 0 Å². The Morgan fingerprint density at radius 1 is 1.53 bits per heavy atom. The van der Waals surface area contributed by atoms with Crippen LogP contribution in [-0.2, 0) is 4.74 Å². The molecule has 1 fully saturated rings. The summed E-state index contributed by atoms with van der Waals surface area (Å²) in [6, 6.07) is 2.85. The zero-order chi connectivity index (χ0) is 13.9. The third-order valence-corrected chi connectivity index (χ3v) is 3.32. The number of halogens is 1. The minimum Gasteiger partial charge on any atom is -0.387 e. The fraction of sp³-hybridized carbons (Fsp3) is 0.643. The van der Waals surface area contributed by atoms with Crippen LogP contribution in [0.15, 0.2) is 18.3 Å². The van der Waals surface area contributed by atoms with Crippen molar-refractivity contribution in [2.24, 2.45) is 0 Å². The first-order valence-electron chi connectivity index (χ1n) is 6.62. The van der Waals surface area contributed by atoms with E-state index in [1.165, 1.54) is 12.1 Å². The maximum absolute atomic E-state index is 12.7. The highest BCUT2D eigenvalue weighted by Crippen LogP contribution is 2.19. The Morgan fingerprint density at radius 3 is 2.95 bits per heavy atom. The molecule has 1 aromatic heterocycles. The van der Waals surface area contributed by atoms with Gasteiger partial charge in [0.2, 0.25) is 0 Å². The van der Waals surface area contributed by atoms with Crippen LogP contribution in [0.25, 0.3) is 0 Å². The predicted molar refractivity (Wildman–Crippen MR) is 70.2 cm³/mol. The molecule has 1 aliphatic heterocycles. The van der Waals surface area contributed by atoms with Crippen LogP contribution in [0.1, 0.15) is 32.1 Å². The zero-order valence-electron chi connectivity index (χ0n) is 11.5. The van der Waals surface area contributed by atoms with Gasteiger partial charge in [0.1, 0.15) is 5.82 Å². The van der Waals surface area contributed by atoms with Crippen LogP contribution in [0.5, 0.6) is 0 Å². The highest BCUT2D eigenvalue weighted by atomic mass is 19.1. The van der Waals surface area contributed by atoms with Gasteiger partial charge in [-0.05, 0) is 32.4 Å². The molecule has 0 saturated carbocycles. The fourth-order valence-corrected chi connectivity index (χ4v) is 2.34. The summed E-state index contributed by atoms with van der Waals surface area (Å²) in [5.41, 5.74) is 0.394. The highest BCUT2D eigenvalue weighted by molar-refractivity contribution is 5.08. The van der Waals surface area contributed by atoms with Crippen molar-refractivity contribution in [1.29, 1.82) is 0 Å². The summed E-state index contributed by atoms with van der Waals surface area (Å²) in [6.07, 6.45) is 1.08. The summed E-state index contributed by atoms with van der Waals surface area (Å²) >= 11 is 0. The lowest BCUT2D eigenvalue weighted by Gasteiger charge is -2.38. The molecule has 1 saturated heterocycles. The first kappa shape index (κ1) is 14.4. The van der Waals surface area contributed by atoms with Gasteiger partial charge >= 0.3 is 0 Å². The first-order valence-corrected chi connectivity index (χ1v) is 6.62. The van der Waals surface area contributed by atoms with Crippen LogP contribution >= 0.6 is 0 Å². The fourth-order valence-electron chi connectivity index (χ4n) is 2.34. The summed E-state index contributed by atoms with van der Waals surface area (Å²) in [6.45, 7) is 7.38. The molecule has 0 radical (unpaired) electrons. The first-order chi connectivity index (χ1) is 8.96. The lowest BCUT2D eigenvalue weighted by molar-refractivity contribution is -0.0878. The highest BCUT2D eigenvalue weighted by Gasteiger charge is 2.27.